The van der Waals surface area contributed by atoms with Gasteiger partial charge in [0.15, 0.2) is 0 Å². The van der Waals surface area contributed by atoms with Gasteiger partial charge in [0.2, 0.25) is 0 Å². The molecule has 2 heterocycles. The lowest BCUT2D eigenvalue weighted by molar-refractivity contribution is 0.0927. The summed E-state index contributed by atoms with van der Waals surface area (Å²) in [6.07, 6.45) is 1.29. The van der Waals surface area contributed by atoms with Gasteiger partial charge in [0.1, 0.15) is 11.4 Å². The van der Waals surface area contributed by atoms with Gasteiger partial charge in [-0.05, 0) is 24.3 Å². The van der Waals surface area contributed by atoms with Crippen molar-refractivity contribution in [2.75, 3.05) is 26.7 Å². The van der Waals surface area contributed by atoms with Crippen LogP contribution in [0.15, 0.2) is 60.8 Å². The molecule has 1 amide bonds. The average molecular weight is 392 g/mol. The van der Waals surface area contributed by atoms with Crippen molar-refractivity contribution in [3.05, 3.63) is 66.4 Å². The number of hydrogen-bond donors (Lipinski definition) is 3. The summed E-state index contributed by atoms with van der Waals surface area (Å²) in [5.41, 5.74) is 2.72. The third-order valence-corrected chi connectivity index (χ3v) is 5.15. The lowest BCUT2D eigenvalue weighted by Crippen LogP contribution is -2.34. The number of aliphatic hydroxyl groups is 1. The molecular formula is C22H24N4O3. The molecule has 3 N–H and O–H groups in total. The zero-order valence-electron chi connectivity index (χ0n) is 16.2. The molecule has 150 valence electrons. The summed E-state index contributed by atoms with van der Waals surface area (Å²) in [7, 11) is 1.61. The molecule has 2 atom stereocenters. The fraction of sp³-hybridized carbons (Fsp3) is 0.273. The van der Waals surface area contributed by atoms with E-state index in [0.29, 0.717) is 36.6 Å². The molecule has 1 aliphatic heterocycles. The maximum Gasteiger partial charge on any atom is 0.255 e. The van der Waals surface area contributed by atoms with Crippen LogP contribution in [0, 0.1) is 5.92 Å². The number of carbonyl (C=O) groups is 1. The van der Waals surface area contributed by atoms with Gasteiger partial charge < -0.3 is 20.5 Å². The fourth-order valence-electron chi connectivity index (χ4n) is 3.48. The summed E-state index contributed by atoms with van der Waals surface area (Å²) in [4.78, 5) is 13.0. The molecule has 1 aromatic heterocycles. The topological polar surface area (TPSA) is 88.4 Å². The monoisotopic (exact) mass is 392 g/mol. The molecule has 1 fully saturated rings. The van der Waals surface area contributed by atoms with E-state index in [1.165, 1.54) is 0 Å². The highest BCUT2D eigenvalue weighted by Gasteiger charge is 2.26. The Morgan fingerprint density at radius 3 is 2.79 bits per heavy atom. The summed E-state index contributed by atoms with van der Waals surface area (Å²) in [5, 5.41) is 20.7. The molecule has 2 unspecified atom stereocenters. The molecule has 1 saturated heterocycles. The quantitative estimate of drug-likeness (QED) is 0.596. The zero-order chi connectivity index (χ0) is 20.2. The Kier molecular flexibility index (Phi) is 5.59. The second-order valence-corrected chi connectivity index (χ2v) is 7.10. The molecule has 0 aliphatic carbocycles. The van der Waals surface area contributed by atoms with Crippen molar-refractivity contribution in [2.24, 2.45) is 5.92 Å². The number of nitrogens with one attached hydrogen (secondary N) is 2. The highest BCUT2D eigenvalue weighted by Crippen LogP contribution is 2.27. The predicted octanol–water partition coefficient (Wildman–Crippen LogP) is 1.86. The number of amides is 1. The van der Waals surface area contributed by atoms with Gasteiger partial charge in [-0.3, -0.25) is 4.79 Å². The second kappa shape index (κ2) is 8.46. The van der Waals surface area contributed by atoms with Crippen molar-refractivity contribution < 1.29 is 14.6 Å². The summed E-state index contributed by atoms with van der Waals surface area (Å²) in [6.45, 7) is 1.65. The van der Waals surface area contributed by atoms with E-state index in [1.807, 2.05) is 54.6 Å². The van der Waals surface area contributed by atoms with Crippen LogP contribution in [0.3, 0.4) is 0 Å². The molecule has 4 rings (SSSR count). The van der Waals surface area contributed by atoms with Gasteiger partial charge >= 0.3 is 0 Å². The molecule has 7 heteroatoms. The number of rotatable bonds is 6. The smallest absolute Gasteiger partial charge is 0.255 e. The second-order valence-electron chi connectivity index (χ2n) is 7.10. The Morgan fingerprint density at radius 2 is 2.07 bits per heavy atom. The van der Waals surface area contributed by atoms with E-state index in [2.05, 4.69) is 15.7 Å². The van der Waals surface area contributed by atoms with Crippen LogP contribution in [0.2, 0.25) is 0 Å². The Labute approximate surface area is 169 Å². The number of nitrogens with zero attached hydrogens (tertiary/aromatic N) is 2. The van der Waals surface area contributed by atoms with Gasteiger partial charge in [-0.1, -0.05) is 30.3 Å². The molecule has 29 heavy (non-hydrogen) atoms. The largest absolute Gasteiger partial charge is 0.497 e. The Bertz CT molecular complexity index is 987. The van der Waals surface area contributed by atoms with E-state index in [0.717, 1.165) is 11.3 Å². The van der Waals surface area contributed by atoms with Crippen LogP contribution in [-0.2, 0) is 0 Å². The summed E-state index contributed by atoms with van der Waals surface area (Å²) >= 11 is 0. The van der Waals surface area contributed by atoms with Crippen molar-refractivity contribution in [3.63, 3.8) is 0 Å². The Morgan fingerprint density at radius 1 is 1.24 bits per heavy atom. The van der Waals surface area contributed by atoms with E-state index in [4.69, 9.17) is 4.74 Å². The minimum atomic E-state index is -0.444. The maximum atomic E-state index is 13.0. The molecule has 0 spiro atoms. The minimum absolute atomic E-state index is 0.00314. The van der Waals surface area contributed by atoms with E-state index in [-0.39, 0.29) is 11.8 Å². The Hall–Kier alpha value is -3.16. The molecule has 0 bridgehead atoms. The number of methoxy groups -OCH3 is 1. The van der Waals surface area contributed by atoms with Gasteiger partial charge in [0, 0.05) is 37.3 Å². The summed E-state index contributed by atoms with van der Waals surface area (Å²) < 4.78 is 7.03. The Balaban J connectivity index is 1.66. The SMILES string of the molecule is COc1cccc(-c2nn(-c3ccccc3)cc2C(=O)NCC2CNCC2O)c1. The molecule has 3 aromatic rings. The molecule has 2 aromatic carbocycles. The van der Waals surface area contributed by atoms with Crippen molar-refractivity contribution in [2.45, 2.75) is 6.10 Å². The number of hydrogen-bond acceptors (Lipinski definition) is 5. The number of benzene rings is 2. The molecule has 7 nitrogen and oxygen atoms in total. The molecule has 1 aliphatic rings. The van der Waals surface area contributed by atoms with E-state index in [1.54, 1.807) is 18.0 Å². The average Bonchev–Trinajstić information content (AvgIpc) is 3.39. The third-order valence-electron chi connectivity index (χ3n) is 5.15. The highest BCUT2D eigenvalue weighted by atomic mass is 16.5. The first kappa shape index (κ1) is 19.2. The van der Waals surface area contributed by atoms with Gasteiger partial charge in [0.05, 0.1) is 24.5 Å². The summed E-state index contributed by atoms with van der Waals surface area (Å²) in [6, 6.07) is 17.2. The van der Waals surface area contributed by atoms with Gasteiger partial charge in [-0.15, -0.1) is 0 Å². The predicted molar refractivity (Wildman–Crippen MR) is 110 cm³/mol. The van der Waals surface area contributed by atoms with E-state index >= 15 is 0 Å². The first-order chi connectivity index (χ1) is 14.2. The van der Waals surface area contributed by atoms with Crippen molar-refractivity contribution in [3.8, 4) is 22.7 Å². The van der Waals surface area contributed by atoms with Crippen LogP contribution >= 0.6 is 0 Å². The first-order valence-corrected chi connectivity index (χ1v) is 9.62. The number of para-hydroxylation sites is 1. The minimum Gasteiger partial charge on any atom is -0.497 e. The van der Waals surface area contributed by atoms with Crippen LogP contribution in [0.4, 0.5) is 0 Å². The maximum absolute atomic E-state index is 13.0. The van der Waals surface area contributed by atoms with Crippen LogP contribution in [0.1, 0.15) is 10.4 Å². The van der Waals surface area contributed by atoms with Crippen molar-refractivity contribution in [1.29, 1.82) is 0 Å². The van der Waals surface area contributed by atoms with Crippen molar-refractivity contribution in [1.82, 2.24) is 20.4 Å². The van der Waals surface area contributed by atoms with Gasteiger partial charge in [-0.25, -0.2) is 4.68 Å². The number of carbonyl (C=O) groups excluding carboxylic acids is 1. The van der Waals surface area contributed by atoms with Crippen LogP contribution in [-0.4, -0.2) is 53.6 Å². The standard InChI is InChI=1S/C22H24N4O3/c1-29-18-9-5-6-15(10-18)21-19(14-26(25-21)17-7-3-2-4-8-17)22(28)24-12-16-11-23-13-20(16)27/h2-10,14,16,20,23,27H,11-13H2,1H3,(H,24,28). The number of β-amino-alcohol motifs (C(OH)–C–C–N with tert-alkyl or cyclic N) is 1. The normalized spacial score (nSPS) is 18.6. The van der Waals surface area contributed by atoms with Gasteiger partial charge in [-0.2, -0.15) is 5.10 Å². The first-order valence-electron chi connectivity index (χ1n) is 9.62. The van der Waals surface area contributed by atoms with Crippen LogP contribution in [0.25, 0.3) is 16.9 Å². The van der Waals surface area contributed by atoms with E-state index in [9.17, 15) is 9.90 Å². The van der Waals surface area contributed by atoms with Crippen molar-refractivity contribution >= 4 is 5.91 Å². The van der Waals surface area contributed by atoms with Gasteiger partial charge in [0.25, 0.3) is 5.91 Å². The number of aromatic nitrogens is 2. The zero-order valence-corrected chi connectivity index (χ0v) is 16.2. The third kappa shape index (κ3) is 4.16. The van der Waals surface area contributed by atoms with Crippen LogP contribution < -0.4 is 15.4 Å². The lowest BCUT2D eigenvalue weighted by atomic mass is 10.1. The number of ether oxygens (including phenoxy) is 1. The molecule has 0 saturated carbocycles. The van der Waals surface area contributed by atoms with E-state index < -0.39 is 6.10 Å². The highest BCUT2D eigenvalue weighted by molar-refractivity contribution is 6.00. The fourth-order valence-corrected chi connectivity index (χ4v) is 3.48. The lowest BCUT2D eigenvalue weighted by Gasteiger charge is -2.14. The number of aliphatic hydroxyl groups excluding tert-OH is 1. The summed E-state index contributed by atoms with van der Waals surface area (Å²) in [5.74, 6) is 0.482. The van der Waals surface area contributed by atoms with Crippen LogP contribution in [0.5, 0.6) is 5.75 Å². The molecule has 0 radical (unpaired) electrons. The molecular weight excluding hydrogens is 368 g/mol.